The van der Waals surface area contributed by atoms with Gasteiger partial charge in [0.2, 0.25) is 21.8 Å². The molecule has 0 radical (unpaired) electrons. The molecule has 0 heterocycles. The van der Waals surface area contributed by atoms with Gasteiger partial charge in [-0.15, -0.1) is 0 Å². The summed E-state index contributed by atoms with van der Waals surface area (Å²) in [6, 6.07) is 14.6. The van der Waals surface area contributed by atoms with E-state index in [1.807, 2.05) is 44.2 Å². The monoisotopic (exact) mass is 479 g/mol. The van der Waals surface area contributed by atoms with Gasteiger partial charge < -0.3 is 10.2 Å². The molecule has 0 aliphatic carbocycles. The summed E-state index contributed by atoms with van der Waals surface area (Å²) in [6.07, 6.45) is 1.79. The number of halogens is 1. The Morgan fingerprint density at radius 3 is 2.16 bits per heavy atom. The molecule has 0 saturated heterocycles. The normalized spacial score (nSPS) is 13.2. The van der Waals surface area contributed by atoms with Gasteiger partial charge in [0, 0.05) is 17.6 Å². The number of carbonyl (C=O) groups is 2. The van der Waals surface area contributed by atoms with Crippen molar-refractivity contribution in [1.29, 1.82) is 0 Å². The Balaban J connectivity index is 2.34. The molecular weight excluding hydrogens is 450 g/mol. The van der Waals surface area contributed by atoms with E-state index in [2.05, 4.69) is 5.32 Å². The van der Waals surface area contributed by atoms with Gasteiger partial charge in [0.15, 0.2) is 0 Å². The smallest absolute Gasteiger partial charge is 0.244 e. The lowest BCUT2D eigenvalue weighted by Gasteiger charge is -2.32. The fourth-order valence-electron chi connectivity index (χ4n) is 3.05. The van der Waals surface area contributed by atoms with Crippen LogP contribution in [0.15, 0.2) is 54.6 Å². The van der Waals surface area contributed by atoms with Gasteiger partial charge in [-0.1, -0.05) is 48.9 Å². The number of nitrogens with zero attached hydrogens (tertiary/aromatic N) is 2. The highest BCUT2D eigenvalue weighted by Gasteiger charge is 2.30. The van der Waals surface area contributed by atoms with Crippen LogP contribution in [0.3, 0.4) is 0 Å². The van der Waals surface area contributed by atoms with Gasteiger partial charge in [-0.25, -0.2) is 8.42 Å². The predicted molar refractivity (Wildman–Crippen MR) is 128 cm³/mol. The molecule has 0 spiro atoms. The molecule has 0 aromatic heterocycles. The Bertz CT molecular complexity index is 1010. The Labute approximate surface area is 195 Å². The van der Waals surface area contributed by atoms with Gasteiger partial charge in [-0.05, 0) is 50.1 Å². The van der Waals surface area contributed by atoms with Crippen LogP contribution in [0.25, 0.3) is 0 Å². The third-order valence-electron chi connectivity index (χ3n) is 5.16. The zero-order chi connectivity index (χ0) is 23.9. The fourth-order valence-corrected chi connectivity index (χ4v) is 4.02. The molecule has 2 rings (SSSR count). The maximum atomic E-state index is 13.4. The highest BCUT2D eigenvalue weighted by atomic mass is 35.5. The number of rotatable bonds is 10. The summed E-state index contributed by atoms with van der Waals surface area (Å²) in [7, 11) is -3.76. The number of hydrogen-bond acceptors (Lipinski definition) is 4. The molecule has 32 heavy (non-hydrogen) atoms. The van der Waals surface area contributed by atoms with Crippen molar-refractivity contribution in [1.82, 2.24) is 10.2 Å². The first-order chi connectivity index (χ1) is 15.0. The van der Waals surface area contributed by atoms with Crippen LogP contribution in [-0.2, 0) is 26.2 Å². The average Bonchev–Trinajstić information content (AvgIpc) is 2.75. The summed E-state index contributed by atoms with van der Waals surface area (Å²) in [5.74, 6) is -0.776. The van der Waals surface area contributed by atoms with Crippen LogP contribution >= 0.6 is 11.6 Å². The van der Waals surface area contributed by atoms with Crippen LogP contribution in [0.1, 0.15) is 32.8 Å². The van der Waals surface area contributed by atoms with Crippen LogP contribution in [0.5, 0.6) is 0 Å². The molecule has 1 N–H and O–H groups in total. The lowest BCUT2D eigenvalue weighted by molar-refractivity contribution is -0.139. The zero-order valence-corrected chi connectivity index (χ0v) is 20.4. The molecule has 174 valence electrons. The second-order valence-electron chi connectivity index (χ2n) is 7.75. The average molecular weight is 480 g/mol. The standard InChI is InChI=1S/C23H30ClN3O4S/c1-5-17(2)25-23(29)18(3)26(15-19-9-7-6-8-10-19)22(28)16-27(32(4,30)31)21-13-11-20(24)12-14-21/h6-14,17-18H,5,15-16H2,1-4H3,(H,25,29)/t17-,18-/m0/s1. The van der Waals surface area contributed by atoms with Crippen LogP contribution in [0.4, 0.5) is 5.69 Å². The summed E-state index contributed by atoms with van der Waals surface area (Å²) in [6.45, 7) is 5.23. The molecule has 9 heteroatoms. The lowest BCUT2D eigenvalue weighted by Crippen LogP contribution is -2.52. The van der Waals surface area contributed by atoms with Crippen LogP contribution in [0, 0.1) is 0 Å². The molecule has 0 aliphatic rings. The fraction of sp³-hybridized carbons (Fsp3) is 0.391. The summed E-state index contributed by atoms with van der Waals surface area (Å²) in [5, 5.41) is 3.35. The van der Waals surface area contributed by atoms with Gasteiger partial charge in [0.05, 0.1) is 11.9 Å². The van der Waals surface area contributed by atoms with Gasteiger partial charge in [0.1, 0.15) is 12.6 Å². The van der Waals surface area contributed by atoms with Crippen LogP contribution in [0.2, 0.25) is 5.02 Å². The largest absolute Gasteiger partial charge is 0.352 e. The first-order valence-electron chi connectivity index (χ1n) is 10.4. The zero-order valence-electron chi connectivity index (χ0n) is 18.8. The number of anilines is 1. The van der Waals surface area contributed by atoms with E-state index >= 15 is 0 Å². The minimum atomic E-state index is -3.76. The van der Waals surface area contributed by atoms with E-state index in [0.717, 1.165) is 22.5 Å². The highest BCUT2D eigenvalue weighted by molar-refractivity contribution is 7.92. The maximum absolute atomic E-state index is 13.4. The highest BCUT2D eigenvalue weighted by Crippen LogP contribution is 2.21. The summed E-state index contributed by atoms with van der Waals surface area (Å²) >= 11 is 5.92. The molecule has 2 aromatic carbocycles. The SMILES string of the molecule is CC[C@H](C)NC(=O)[C@H](C)N(Cc1ccccc1)C(=O)CN(c1ccc(Cl)cc1)S(C)(=O)=O. The van der Waals surface area contributed by atoms with Crippen molar-refractivity contribution in [3.8, 4) is 0 Å². The number of sulfonamides is 1. The molecule has 0 bridgehead atoms. The molecular formula is C23H30ClN3O4S. The molecule has 2 atom stereocenters. The van der Waals surface area contributed by atoms with Crippen molar-refractivity contribution in [3.05, 3.63) is 65.2 Å². The van der Waals surface area contributed by atoms with E-state index in [4.69, 9.17) is 11.6 Å². The summed E-state index contributed by atoms with van der Waals surface area (Å²) < 4.78 is 25.9. The molecule has 2 aromatic rings. The number of benzene rings is 2. The quantitative estimate of drug-likeness (QED) is 0.565. The van der Waals surface area contributed by atoms with E-state index in [9.17, 15) is 18.0 Å². The van der Waals surface area contributed by atoms with Crippen molar-refractivity contribution in [2.24, 2.45) is 0 Å². The minimum Gasteiger partial charge on any atom is -0.352 e. The van der Waals surface area contributed by atoms with E-state index in [0.29, 0.717) is 10.7 Å². The van der Waals surface area contributed by atoms with Gasteiger partial charge in [0.25, 0.3) is 0 Å². The molecule has 0 saturated carbocycles. The third-order valence-corrected chi connectivity index (χ3v) is 6.55. The van der Waals surface area contributed by atoms with Crippen LogP contribution < -0.4 is 9.62 Å². The first-order valence-corrected chi connectivity index (χ1v) is 12.6. The van der Waals surface area contributed by atoms with Crippen LogP contribution in [-0.4, -0.2) is 50.0 Å². The Kier molecular flexibility index (Phi) is 9.09. The lowest BCUT2D eigenvalue weighted by atomic mass is 10.1. The van der Waals surface area contributed by atoms with Crippen molar-refractivity contribution >= 4 is 39.1 Å². The second-order valence-corrected chi connectivity index (χ2v) is 10.1. The Morgan fingerprint density at radius 1 is 1.03 bits per heavy atom. The molecule has 0 fully saturated rings. The number of amides is 2. The van der Waals surface area contributed by atoms with Gasteiger partial charge in [-0.2, -0.15) is 0 Å². The van der Waals surface area contributed by atoms with E-state index in [1.54, 1.807) is 19.1 Å². The van der Waals surface area contributed by atoms with Crippen molar-refractivity contribution < 1.29 is 18.0 Å². The summed E-state index contributed by atoms with van der Waals surface area (Å²) in [5.41, 5.74) is 1.16. The van der Waals surface area contributed by atoms with E-state index in [-0.39, 0.29) is 18.5 Å². The summed E-state index contributed by atoms with van der Waals surface area (Å²) in [4.78, 5) is 27.6. The van der Waals surface area contributed by atoms with Crippen molar-refractivity contribution in [2.45, 2.75) is 45.8 Å². The Morgan fingerprint density at radius 2 is 1.62 bits per heavy atom. The number of hydrogen-bond donors (Lipinski definition) is 1. The first kappa shape index (κ1) is 25.7. The topological polar surface area (TPSA) is 86.8 Å². The molecule has 2 amide bonds. The Hall–Kier alpha value is -2.58. The van der Waals surface area contributed by atoms with Gasteiger partial charge >= 0.3 is 0 Å². The predicted octanol–water partition coefficient (Wildman–Crippen LogP) is 3.44. The molecule has 7 nitrogen and oxygen atoms in total. The van der Waals surface area contributed by atoms with Gasteiger partial charge in [-0.3, -0.25) is 13.9 Å². The van der Waals surface area contributed by atoms with E-state index < -0.39 is 28.5 Å². The molecule has 0 aliphatic heterocycles. The number of carbonyl (C=O) groups excluding carboxylic acids is 2. The van der Waals surface area contributed by atoms with Crippen molar-refractivity contribution in [3.63, 3.8) is 0 Å². The number of nitrogens with one attached hydrogen (secondary N) is 1. The second kappa shape index (κ2) is 11.3. The molecule has 0 unspecified atom stereocenters. The maximum Gasteiger partial charge on any atom is 0.244 e. The van der Waals surface area contributed by atoms with Crippen molar-refractivity contribution in [2.75, 3.05) is 17.1 Å². The minimum absolute atomic E-state index is 0.0415. The third kappa shape index (κ3) is 7.24. The van der Waals surface area contributed by atoms with E-state index in [1.165, 1.54) is 17.0 Å².